The molecule has 1 N–H and O–H groups in total. The van der Waals surface area contributed by atoms with Gasteiger partial charge in [0.25, 0.3) is 5.91 Å². The van der Waals surface area contributed by atoms with Crippen molar-refractivity contribution in [2.75, 3.05) is 13.2 Å². The van der Waals surface area contributed by atoms with E-state index in [0.29, 0.717) is 18.8 Å². The fourth-order valence-electron chi connectivity index (χ4n) is 2.94. The first-order valence-electron chi connectivity index (χ1n) is 7.11. The highest BCUT2D eigenvalue weighted by atomic mass is 79.9. The largest absolute Gasteiger partial charge is 0.349 e. The molecule has 1 amide bonds. The Morgan fingerprint density at radius 2 is 1.67 bits per heavy atom. The maximum atomic E-state index is 12.3. The summed E-state index contributed by atoms with van der Waals surface area (Å²) in [4.78, 5) is 12.3. The molecule has 4 nitrogen and oxygen atoms in total. The third-order valence-corrected chi connectivity index (χ3v) is 4.94. The first-order valence-corrected chi connectivity index (χ1v) is 8.70. The van der Waals surface area contributed by atoms with E-state index in [9.17, 15) is 4.79 Å². The van der Waals surface area contributed by atoms with Crippen molar-refractivity contribution in [3.63, 3.8) is 0 Å². The van der Waals surface area contributed by atoms with E-state index in [1.54, 1.807) is 0 Å². The van der Waals surface area contributed by atoms with E-state index in [1.807, 2.05) is 18.2 Å². The Morgan fingerprint density at radius 3 is 2.24 bits per heavy atom. The summed E-state index contributed by atoms with van der Waals surface area (Å²) in [5.41, 5.74) is 0.657. The van der Waals surface area contributed by atoms with Crippen LogP contribution in [0.2, 0.25) is 0 Å². The summed E-state index contributed by atoms with van der Waals surface area (Å²) in [6, 6.07) is 5.76. The standard InChI is InChI=1S/C15H17Br2NO3/c16-11-7-10(8-12(17)9-11)14(19)18-13-1-3-15(4-2-13)20-5-6-21-15/h7-9,13H,1-6H2,(H,18,19). The van der Waals surface area contributed by atoms with Gasteiger partial charge in [-0.3, -0.25) is 4.79 Å². The van der Waals surface area contributed by atoms with Gasteiger partial charge in [-0.25, -0.2) is 0 Å². The lowest BCUT2D eigenvalue weighted by atomic mass is 9.90. The van der Waals surface area contributed by atoms with Crippen LogP contribution in [0, 0.1) is 0 Å². The van der Waals surface area contributed by atoms with Gasteiger partial charge in [0.15, 0.2) is 5.79 Å². The first-order chi connectivity index (χ1) is 10.1. The zero-order chi connectivity index (χ0) is 14.9. The SMILES string of the molecule is O=C(NC1CCC2(CC1)OCCO2)c1cc(Br)cc(Br)c1. The predicted octanol–water partition coefficient (Wildman–Crippen LogP) is 3.63. The molecule has 3 rings (SSSR count). The fraction of sp³-hybridized carbons (Fsp3) is 0.533. The molecule has 0 aromatic heterocycles. The van der Waals surface area contributed by atoms with Crippen LogP contribution in [0.5, 0.6) is 0 Å². The highest BCUT2D eigenvalue weighted by Gasteiger charge is 2.40. The van der Waals surface area contributed by atoms with E-state index >= 15 is 0 Å². The molecular formula is C15H17Br2NO3. The molecule has 0 atom stereocenters. The van der Waals surface area contributed by atoms with E-state index in [1.165, 1.54) is 0 Å². The molecule has 1 saturated heterocycles. The molecule has 1 saturated carbocycles. The lowest BCUT2D eigenvalue weighted by molar-refractivity contribution is -0.179. The number of benzene rings is 1. The minimum Gasteiger partial charge on any atom is -0.349 e. The van der Waals surface area contributed by atoms with Crippen molar-refractivity contribution in [3.8, 4) is 0 Å². The second kappa shape index (κ2) is 6.36. The second-order valence-electron chi connectivity index (χ2n) is 5.51. The van der Waals surface area contributed by atoms with Gasteiger partial charge < -0.3 is 14.8 Å². The lowest BCUT2D eigenvalue weighted by Gasteiger charge is -2.35. The number of hydrogen-bond donors (Lipinski definition) is 1. The van der Waals surface area contributed by atoms with E-state index < -0.39 is 0 Å². The molecule has 1 aliphatic heterocycles. The van der Waals surface area contributed by atoms with Crippen molar-refractivity contribution in [1.82, 2.24) is 5.32 Å². The van der Waals surface area contributed by atoms with Gasteiger partial charge in [-0.2, -0.15) is 0 Å². The van der Waals surface area contributed by atoms with Crippen LogP contribution in [0.1, 0.15) is 36.0 Å². The Kier molecular flexibility index (Phi) is 4.69. The molecule has 6 heteroatoms. The number of carbonyl (C=O) groups excluding carboxylic acids is 1. The van der Waals surface area contributed by atoms with Gasteiger partial charge in [-0.1, -0.05) is 31.9 Å². The highest BCUT2D eigenvalue weighted by Crippen LogP contribution is 2.35. The van der Waals surface area contributed by atoms with Crippen LogP contribution < -0.4 is 5.32 Å². The van der Waals surface area contributed by atoms with Crippen LogP contribution in [-0.4, -0.2) is 30.9 Å². The van der Waals surface area contributed by atoms with Gasteiger partial charge in [-0.05, 0) is 31.0 Å². The molecule has 0 unspecified atom stereocenters. The maximum absolute atomic E-state index is 12.3. The number of nitrogens with one attached hydrogen (secondary N) is 1. The van der Waals surface area contributed by atoms with Gasteiger partial charge in [0.2, 0.25) is 0 Å². The molecule has 1 aliphatic carbocycles. The summed E-state index contributed by atoms with van der Waals surface area (Å²) in [6.07, 6.45) is 3.47. The summed E-state index contributed by atoms with van der Waals surface area (Å²) in [5, 5.41) is 3.10. The third kappa shape index (κ3) is 3.67. The van der Waals surface area contributed by atoms with E-state index in [-0.39, 0.29) is 17.7 Å². The summed E-state index contributed by atoms with van der Waals surface area (Å²) < 4.78 is 13.2. The Morgan fingerprint density at radius 1 is 1.10 bits per heavy atom. The molecule has 1 spiro atoms. The molecule has 2 fully saturated rings. The topological polar surface area (TPSA) is 47.6 Å². The molecule has 0 radical (unpaired) electrons. The number of amides is 1. The Hall–Kier alpha value is -0.430. The molecule has 0 bridgehead atoms. The van der Waals surface area contributed by atoms with Crippen molar-refractivity contribution in [3.05, 3.63) is 32.7 Å². The molecule has 1 aromatic rings. The van der Waals surface area contributed by atoms with Gasteiger partial charge in [0, 0.05) is 33.4 Å². The average molecular weight is 419 g/mol. The van der Waals surface area contributed by atoms with Gasteiger partial charge in [0.1, 0.15) is 0 Å². The predicted molar refractivity (Wildman–Crippen MR) is 86.2 cm³/mol. The minimum absolute atomic E-state index is 0.0359. The van der Waals surface area contributed by atoms with E-state index in [2.05, 4.69) is 37.2 Å². The Balaban J connectivity index is 1.58. The summed E-state index contributed by atoms with van der Waals surface area (Å²) in [7, 11) is 0. The van der Waals surface area contributed by atoms with Crippen molar-refractivity contribution < 1.29 is 14.3 Å². The van der Waals surface area contributed by atoms with Crippen LogP contribution in [0.25, 0.3) is 0 Å². The summed E-state index contributed by atoms with van der Waals surface area (Å²) in [6.45, 7) is 1.37. The molecule has 2 aliphatic rings. The number of carbonyl (C=O) groups is 1. The van der Waals surface area contributed by atoms with Crippen molar-refractivity contribution in [1.29, 1.82) is 0 Å². The zero-order valence-corrected chi connectivity index (χ0v) is 14.7. The van der Waals surface area contributed by atoms with Crippen molar-refractivity contribution in [2.45, 2.75) is 37.5 Å². The van der Waals surface area contributed by atoms with Crippen LogP contribution in [0.4, 0.5) is 0 Å². The first kappa shape index (κ1) is 15.5. The normalized spacial score (nSPS) is 21.6. The van der Waals surface area contributed by atoms with Gasteiger partial charge in [-0.15, -0.1) is 0 Å². The van der Waals surface area contributed by atoms with Crippen LogP contribution in [-0.2, 0) is 9.47 Å². The Labute approximate surface area is 140 Å². The minimum atomic E-state index is -0.375. The molecule has 1 aromatic carbocycles. The maximum Gasteiger partial charge on any atom is 0.251 e. The van der Waals surface area contributed by atoms with Crippen molar-refractivity contribution >= 4 is 37.8 Å². The number of rotatable bonds is 2. The summed E-state index contributed by atoms with van der Waals surface area (Å²) >= 11 is 6.81. The van der Waals surface area contributed by atoms with Crippen LogP contribution in [0.15, 0.2) is 27.1 Å². The van der Waals surface area contributed by atoms with Gasteiger partial charge in [0.05, 0.1) is 13.2 Å². The zero-order valence-electron chi connectivity index (χ0n) is 11.5. The van der Waals surface area contributed by atoms with Crippen LogP contribution in [0.3, 0.4) is 0 Å². The molecule has 114 valence electrons. The molecular weight excluding hydrogens is 402 g/mol. The lowest BCUT2D eigenvalue weighted by Crippen LogP contribution is -2.44. The number of ether oxygens (including phenoxy) is 2. The number of halogens is 2. The van der Waals surface area contributed by atoms with Crippen molar-refractivity contribution in [2.24, 2.45) is 0 Å². The van der Waals surface area contributed by atoms with Gasteiger partial charge >= 0.3 is 0 Å². The summed E-state index contributed by atoms with van der Waals surface area (Å²) in [5.74, 6) is -0.411. The Bertz CT molecular complexity index is 513. The quantitative estimate of drug-likeness (QED) is 0.797. The molecule has 1 heterocycles. The number of hydrogen-bond acceptors (Lipinski definition) is 3. The fourth-order valence-corrected chi connectivity index (χ4v) is 4.23. The average Bonchev–Trinajstić information content (AvgIpc) is 2.89. The third-order valence-electron chi connectivity index (χ3n) is 4.02. The van der Waals surface area contributed by atoms with Crippen LogP contribution >= 0.6 is 31.9 Å². The monoisotopic (exact) mass is 417 g/mol. The van der Waals surface area contributed by atoms with E-state index in [0.717, 1.165) is 34.6 Å². The smallest absolute Gasteiger partial charge is 0.251 e. The second-order valence-corrected chi connectivity index (χ2v) is 7.34. The molecule has 21 heavy (non-hydrogen) atoms. The highest BCUT2D eigenvalue weighted by molar-refractivity contribution is 9.11. The van der Waals surface area contributed by atoms with E-state index in [4.69, 9.17) is 9.47 Å².